The number of ether oxygens (including phenoxy) is 1. The van der Waals surface area contributed by atoms with Crippen LogP contribution in [0.15, 0.2) is 64.6 Å². The summed E-state index contributed by atoms with van der Waals surface area (Å²) in [5, 5.41) is 8.64. The number of sulfonamides is 1. The van der Waals surface area contributed by atoms with Crippen molar-refractivity contribution >= 4 is 27.8 Å². The van der Waals surface area contributed by atoms with Crippen LogP contribution in [0.1, 0.15) is 20.8 Å². The zero-order chi connectivity index (χ0) is 23.3. The highest BCUT2D eigenvalue weighted by Gasteiger charge is 2.25. The van der Waals surface area contributed by atoms with Gasteiger partial charge in [-0.1, -0.05) is 55.9 Å². The molecule has 170 valence electrons. The molecule has 0 saturated carbocycles. The highest BCUT2D eigenvalue weighted by Crippen LogP contribution is 2.31. The van der Waals surface area contributed by atoms with Gasteiger partial charge in [0.2, 0.25) is 10.0 Å². The monoisotopic (exact) mass is 474 g/mol. The number of methoxy groups -OCH3 is 1. The van der Waals surface area contributed by atoms with E-state index in [1.165, 1.54) is 23.2 Å². The zero-order valence-electron chi connectivity index (χ0n) is 18.4. The van der Waals surface area contributed by atoms with Gasteiger partial charge in [0.25, 0.3) is 0 Å². The van der Waals surface area contributed by atoms with Crippen LogP contribution in [0, 0.1) is 0 Å². The predicted octanol–water partition coefficient (Wildman–Crippen LogP) is 3.62. The SMILES string of the molecule is CCN(CC)S(=O)(=O)c1cccc(-c2nnc(SC(C)C(=O)OC)n2-c2ccccc2)c1. The lowest BCUT2D eigenvalue weighted by molar-refractivity contribution is -0.139. The number of thioether (sulfide) groups is 1. The predicted molar refractivity (Wildman–Crippen MR) is 124 cm³/mol. The summed E-state index contributed by atoms with van der Waals surface area (Å²) in [6.07, 6.45) is 0. The normalized spacial score (nSPS) is 12.7. The molecule has 8 nitrogen and oxygen atoms in total. The first-order chi connectivity index (χ1) is 15.3. The molecule has 1 aromatic heterocycles. The molecule has 0 amide bonds. The molecule has 0 aliphatic carbocycles. The van der Waals surface area contributed by atoms with Gasteiger partial charge >= 0.3 is 5.97 Å². The van der Waals surface area contributed by atoms with Gasteiger partial charge in [0.1, 0.15) is 5.25 Å². The van der Waals surface area contributed by atoms with Crippen LogP contribution < -0.4 is 0 Å². The molecule has 1 unspecified atom stereocenters. The highest BCUT2D eigenvalue weighted by atomic mass is 32.2. The number of hydrogen-bond acceptors (Lipinski definition) is 7. The molecule has 0 saturated heterocycles. The summed E-state index contributed by atoms with van der Waals surface area (Å²) in [5.41, 5.74) is 1.40. The van der Waals surface area contributed by atoms with Crippen LogP contribution in [0.2, 0.25) is 0 Å². The number of para-hydroxylation sites is 1. The van der Waals surface area contributed by atoms with Crippen LogP contribution in [0.3, 0.4) is 0 Å². The van der Waals surface area contributed by atoms with Gasteiger partial charge in [-0.3, -0.25) is 9.36 Å². The summed E-state index contributed by atoms with van der Waals surface area (Å²) in [7, 11) is -2.28. The molecular formula is C22H26N4O4S2. The van der Waals surface area contributed by atoms with Crippen molar-refractivity contribution < 1.29 is 17.9 Å². The summed E-state index contributed by atoms with van der Waals surface area (Å²) in [6.45, 7) is 6.12. The van der Waals surface area contributed by atoms with E-state index >= 15 is 0 Å². The molecule has 0 aliphatic rings. The van der Waals surface area contributed by atoms with Gasteiger partial charge < -0.3 is 4.74 Å². The molecule has 3 aromatic rings. The van der Waals surface area contributed by atoms with E-state index in [9.17, 15) is 13.2 Å². The third kappa shape index (κ3) is 4.87. The second kappa shape index (κ2) is 10.3. The van der Waals surface area contributed by atoms with Gasteiger partial charge in [-0.25, -0.2) is 8.42 Å². The van der Waals surface area contributed by atoms with Crippen LogP contribution in [0.5, 0.6) is 0 Å². The minimum atomic E-state index is -3.63. The van der Waals surface area contributed by atoms with Crippen LogP contribution in [0.4, 0.5) is 0 Å². The van der Waals surface area contributed by atoms with Gasteiger partial charge in [0.15, 0.2) is 11.0 Å². The molecule has 0 fully saturated rings. The van der Waals surface area contributed by atoms with Crippen LogP contribution in [-0.2, 0) is 19.6 Å². The van der Waals surface area contributed by atoms with Gasteiger partial charge in [-0.2, -0.15) is 4.31 Å². The Hall–Kier alpha value is -2.69. The molecule has 1 atom stereocenters. The summed E-state index contributed by atoms with van der Waals surface area (Å²) in [4.78, 5) is 12.1. The fourth-order valence-electron chi connectivity index (χ4n) is 3.22. The Morgan fingerprint density at radius 1 is 1.09 bits per heavy atom. The lowest BCUT2D eigenvalue weighted by Crippen LogP contribution is -2.30. The van der Waals surface area contributed by atoms with Crippen molar-refractivity contribution in [2.75, 3.05) is 20.2 Å². The van der Waals surface area contributed by atoms with Crippen molar-refractivity contribution in [1.82, 2.24) is 19.1 Å². The molecule has 0 N–H and O–H groups in total. The van der Waals surface area contributed by atoms with E-state index in [-0.39, 0.29) is 10.9 Å². The van der Waals surface area contributed by atoms with Crippen molar-refractivity contribution in [3.8, 4) is 17.1 Å². The molecular weight excluding hydrogens is 448 g/mol. The number of nitrogens with zero attached hydrogens (tertiary/aromatic N) is 4. The summed E-state index contributed by atoms with van der Waals surface area (Å²) < 4.78 is 34.1. The van der Waals surface area contributed by atoms with Crippen molar-refractivity contribution in [3.63, 3.8) is 0 Å². The zero-order valence-corrected chi connectivity index (χ0v) is 20.1. The summed E-state index contributed by atoms with van der Waals surface area (Å²) in [5.74, 6) is 0.110. The highest BCUT2D eigenvalue weighted by molar-refractivity contribution is 8.00. The number of hydrogen-bond donors (Lipinski definition) is 0. The first kappa shape index (κ1) is 24.0. The molecule has 0 radical (unpaired) electrons. The second-order valence-corrected chi connectivity index (χ2v) is 10.1. The molecule has 10 heteroatoms. The van der Waals surface area contributed by atoms with E-state index in [0.29, 0.717) is 29.6 Å². The molecule has 2 aromatic carbocycles. The van der Waals surface area contributed by atoms with Gasteiger partial charge in [0.05, 0.1) is 12.0 Å². The van der Waals surface area contributed by atoms with E-state index in [2.05, 4.69) is 10.2 Å². The van der Waals surface area contributed by atoms with Crippen LogP contribution >= 0.6 is 11.8 Å². The maximum atomic E-state index is 13.0. The maximum absolute atomic E-state index is 13.0. The molecule has 32 heavy (non-hydrogen) atoms. The molecule has 3 rings (SSSR count). The largest absolute Gasteiger partial charge is 0.468 e. The van der Waals surface area contributed by atoms with Gasteiger partial charge in [-0.05, 0) is 31.2 Å². The van der Waals surface area contributed by atoms with Crippen LogP contribution in [-0.4, -0.2) is 58.9 Å². The lowest BCUT2D eigenvalue weighted by Gasteiger charge is -2.19. The van der Waals surface area contributed by atoms with Gasteiger partial charge in [0, 0.05) is 24.3 Å². The van der Waals surface area contributed by atoms with E-state index in [1.54, 1.807) is 31.2 Å². The average Bonchev–Trinajstić information content (AvgIpc) is 3.23. The number of carbonyl (C=O) groups is 1. The third-order valence-corrected chi connectivity index (χ3v) is 7.97. The van der Waals surface area contributed by atoms with E-state index in [0.717, 1.165) is 5.69 Å². The minimum Gasteiger partial charge on any atom is -0.468 e. The van der Waals surface area contributed by atoms with Crippen molar-refractivity contribution in [3.05, 3.63) is 54.6 Å². The fourth-order valence-corrected chi connectivity index (χ4v) is 5.62. The Bertz CT molecular complexity index is 1180. The number of carbonyl (C=O) groups excluding carboxylic acids is 1. The van der Waals surface area contributed by atoms with E-state index in [1.807, 2.05) is 48.7 Å². The van der Waals surface area contributed by atoms with Crippen molar-refractivity contribution in [2.45, 2.75) is 36.1 Å². The number of esters is 1. The first-order valence-corrected chi connectivity index (χ1v) is 12.5. The smallest absolute Gasteiger partial charge is 0.318 e. The standard InChI is InChI=1S/C22H26N4O4S2/c1-5-25(6-2)32(28,29)19-14-10-11-17(15-19)20-23-24-22(31-16(3)21(27)30-4)26(20)18-12-8-7-9-13-18/h7-16H,5-6H2,1-4H3. The Balaban J connectivity index is 2.12. The quantitative estimate of drug-likeness (QED) is 0.345. The summed E-state index contributed by atoms with van der Waals surface area (Å²) >= 11 is 1.22. The van der Waals surface area contributed by atoms with Crippen LogP contribution in [0.25, 0.3) is 17.1 Å². The van der Waals surface area contributed by atoms with Crippen molar-refractivity contribution in [1.29, 1.82) is 0 Å². The Labute approximate surface area is 192 Å². The second-order valence-electron chi connectivity index (χ2n) is 6.88. The summed E-state index contributed by atoms with van der Waals surface area (Å²) in [6, 6.07) is 16.1. The number of rotatable bonds is 9. The van der Waals surface area contributed by atoms with Crippen molar-refractivity contribution in [2.24, 2.45) is 0 Å². The molecule has 0 spiro atoms. The fraction of sp³-hybridized carbons (Fsp3) is 0.318. The third-order valence-electron chi connectivity index (χ3n) is 4.90. The molecule has 1 heterocycles. The minimum absolute atomic E-state index is 0.193. The van der Waals surface area contributed by atoms with Gasteiger partial charge in [-0.15, -0.1) is 10.2 Å². The topological polar surface area (TPSA) is 94.4 Å². The maximum Gasteiger partial charge on any atom is 0.318 e. The molecule has 0 aliphatic heterocycles. The lowest BCUT2D eigenvalue weighted by atomic mass is 10.2. The Kier molecular flexibility index (Phi) is 7.70. The number of aromatic nitrogens is 3. The Morgan fingerprint density at radius 3 is 2.41 bits per heavy atom. The first-order valence-electron chi connectivity index (χ1n) is 10.2. The average molecular weight is 475 g/mol. The molecule has 0 bridgehead atoms. The van der Waals surface area contributed by atoms with E-state index < -0.39 is 15.3 Å². The Morgan fingerprint density at radius 2 is 1.78 bits per heavy atom. The number of benzene rings is 2. The van der Waals surface area contributed by atoms with E-state index in [4.69, 9.17) is 4.74 Å².